The molecule has 0 fully saturated rings. The molecular formula is C25H18N8. The van der Waals surface area contributed by atoms with Crippen molar-refractivity contribution >= 4 is 0 Å². The fourth-order valence-corrected chi connectivity index (χ4v) is 3.66. The Hall–Kier alpha value is -4.85. The van der Waals surface area contributed by atoms with Crippen LogP contribution in [0.25, 0.3) is 45.8 Å². The molecule has 0 spiro atoms. The average Bonchev–Trinajstić information content (AvgIpc) is 3.67. The number of nitrogens with zero attached hydrogens (tertiary/aromatic N) is 7. The van der Waals surface area contributed by atoms with Gasteiger partial charge in [0.15, 0.2) is 11.6 Å². The monoisotopic (exact) mass is 430 g/mol. The number of aromatic nitrogens is 8. The Bertz CT molecular complexity index is 1400. The van der Waals surface area contributed by atoms with Gasteiger partial charge in [-0.05, 0) is 36.4 Å². The third kappa shape index (κ3) is 3.59. The van der Waals surface area contributed by atoms with Gasteiger partial charge in [0.05, 0.1) is 17.1 Å². The van der Waals surface area contributed by atoms with E-state index < -0.39 is 0 Å². The summed E-state index contributed by atoms with van der Waals surface area (Å²) in [7, 11) is 0. The Balaban J connectivity index is 1.52. The normalized spacial score (nSPS) is 11.0. The van der Waals surface area contributed by atoms with Crippen LogP contribution in [0.3, 0.4) is 0 Å². The summed E-state index contributed by atoms with van der Waals surface area (Å²) < 4.78 is 3.46. The van der Waals surface area contributed by atoms with Crippen molar-refractivity contribution in [2.45, 2.75) is 0 Å². The molecular weight excluding hydrogens is 412 g/mol. The Morgan fingerprint density at radius 3 is 1.85 bits per heavy atom. The minimum Gasteiger partial charge on any atom is -0.336 e. The third-order valence-corrected chi connectivity index (χ3v) is 5.20. The molecule has 6 rings (SSSR count). The van der Waals surface area contributed by atoms with Crippen LogP contribution in [0.15, 0.2) is 104 Å². The lowest BCUT2D eigenvalue weighted by Crippen LogP contribution is -2.00. The first-order valence-corrected chi connectivity index (χ1v) is 10.5. The molecule has 0 saturated carbocycles. The number of imidazole rings is 1. The number of hydrogen-bond acceptors (Lipinski definition) is 5. The smallest absolute Gasteiger partial charge is 0.154 e. The van der Waals surface area contributed by atoms with Crippen molar-refractivity contribution in [1.29, 1.82) is 0 Å². The predicted octanol–water partition coefficient (Wildman–Crippen LogP) is 4.57. The van der Waals surface area contributed by atoms with E-state index in [1.807, 2.05) is 91.3 Å². The van der Waals surface area contributed by atoms with Gasteiger partial charge in [0, 0.05) is 30.4 Å². The highest BCUT2D eigenvalue weighted by Crippen LogP contribution is 2.32. The molecule has 0 unspecified atom stereocenters. The molecule has 33 heavy (non-hydrogen) atoms. The van der Waals surface area contributed by atoms with Gasteiger partial charge in [-0.2, -0.15) is 10.2 Å². The van der Waals surface area contributed by atoms with Crippen molar-refractivity contribution in [2.24, 2.45) is 0 Å². The lowest BCUT2D eigenvalue weighted by molar-refractivity contribution is 0.847. The molecule has 1 N–H and O–H groups in total. The van der Waals surface area contributed by atoms with Crippen LogP contribution in [0.4, 0.5) is 0 Å². The molecule has 0 aliphatic carbocycles. The summed E-state index contributed by atoms with van der Waals surface area (Å²) in [5, 5.41) is 8.60. The van der Waals surface area contributed by atoms with Gasteiger partial charge in [-0.25, -0.2) is 24.3 Å². The van der Waals surface area contributed by atoms with E-state index in [-0.39, 0.29) is 0 Å². The van der Waals surface area contributed by atoms with Gasteiger partial charge >= 0.3 is 0 Å². The zero-order valence-electron chi connectivity index (χ0n) is 17.4. The van der Waals surface area contributed by atoms with Gasteiger partial charge in [0.1, 0.15) is 11.5 Å². The highest BCUT2D eigenvalue weighted by Gasteiger charge is 2.18. The van der Waals surface area contributed by atoms with E-state index in [0.717, 1.165) is 34.3 Å². The molecule has 1 aromatic carbocycles. The Morgan fingerprint density at radius 1 is 0.576 bits per heavy atom. The van der Waals surface area contributed by atoms with Crippen molar-refractivity contribution in [2.75, 3.05) is 0 Å². The largest absolute Gasteiger partial charge is 0.336 e. The molecule has 8 heteroatoms. The van der Waals surface area contributed by atoms with Crippen LogP contribution in [0.5, 0.6) is 0 Å². The van der Waals surface area contributed by atoms with E-state index in [2.05, 4.69) is 15.2 Å². The maximum Gasteiger partial charge on any atom is 0.154 e. The number of H-pyrrole nitrogens is 1. The molecule has 0 bridgehead atoms. The lowest BCUT2D eigenvalue weighted by Gasteiger charge is -2.06. The minimum atomic E-state index is 0.714. The molecule has 0 amide bonds. The van der Waals surface area contributed by atoms with Gasteiger partial charge in [-0.3, -0.25) is 0 Å². The first-order chi connectivity index (χ1) is 16.3. The van der Waals surface area contributed by atoms with Crippen LogP contribution >= 0.6 is 0 Å². The van der Waals surface area contributed by atoms with Crippen LogP contribution < -0.4 is 0 Å². The van der Waals surface area contributed by atoms with Gasteiger partial charge < -0.3 is 4.98 Å². The number of rotatable bonds is 5. The second-order valence-corrected chi connectivity index (χ2v) is 7.34. The summed E-state index contributed by atoms with van der Waals surface area (Å²) in [5.41, 5.74) is 3.96. The molecule has 5 heterocycles. The minimum absolute atomic E-state index is 0.714. The third-order valence-electron chi connectivity index (χ3n) is 5.20. The van der Waals surface area contributed by atoms with Crippen molar-refractivity contribution in [3.05, 3.63) is 104 Å². The van der Waals surface area contributed by atoms with Crippen LogP contribution in [-0.4, -0.2) is 39.5 Å². The summed E-state index contributed by atoms with van der Waals surface area (Å²) in [6.07, 6.45) is 7.19. The molecule has 6 aromatic rings. The van der Waals surface area contributed by atoms with E-state index in [1.165, 1.54) is 0 Å². The maximum absolute atomic E-state index is 4.93. The zero-order valence-corrected chi connectivity index (χ0v) is 17.4. The molecule has 0 aliphatic heterocycles. The van der Waals surface area contributed by atoms with Crippen LogP contribution in [-0.2, 0) is 0 Å². The number of pyridine rings is 2. The summed E-state index contributed by atoms with van der Waals surface area (Å²) in [6, 6.07) is 25.4. The van der Waals surface area contributed by atoms with E-state index in [9.17, 15) is 0 Å². The average molecular weight is 430 g/mol. The fourth-order valence-electron chi connectivity index (χ4n) is 3.66. The fraction of sp³-hybridized carbons (Fsp3) is 0. The van der Waals surface area contributed by atoms with Crippen molar-refractivity contribution in [3.8, 4) is 45.8 Å². The van der Waals surface area contributed by atoms with Crippen molar-refractivity contribution in [3.63, 3.8) is 0 Å². The second-order valence-electron chi connectivity index (χ2n) is 7.34. The van der Waals surface area contributed by atoms with E-state index in [1.54, 1.807) is 21.8 Å². The molecule has 0 aliphatic rings. The van der Waals surface area contributed by atoms with E-state index >= 15 is 0 Å². The number of nitrogens with one attached hydrogen (secondary N) is 1. The molecule has 5 aromatic heterocycles. The van der Waals surface area contributed by atoms with E-state index in [0.29, 0.717) is 11.5 Å². The van der Waals surface area contributed by atoms with E-state index in [4.69, 9.17) is 15.0 Å². The summed E-state index contributed by atoms with van der Waals surface area (Å²) in [5.74, 6) is 2.18. The topological polar surface area (TPSA) is 90.1 Å². The van der Waals surface area contributed by atoms with Crippen LogP contribution in [0, 0.1) is 0 Å². The quantitative estimate of drug-likeness (QED) is 0.433. The highest BCUT2D eigenvalue weighted by molar-refractivity contribution is 5.78. The summed E-state index contributed by atoms with van der Waals surface area (Å²) >= 11 is 0. The SMILES string of the molecule is c1ccc(-c2nc(-c3cccc(-n4cccn4)n3)c(-c3cccc(-n4cccn4)n3)[nH]2)cc1. The number of aromatic amines is 1. The molecule has 8 nitrogen and oxygen atoms in total. The van der Waals surface area contributed by atoms with Gasteiger partial charge in [0.2, 0.25) is 0 Å². The maximum atomic E-state index is 4.93. The predicted molar refractivity (Wildman–Crippen MR) is 125 cm³/mol. The van der Waals surface area contributed by atoms with Gasteiger partial charge in [-0.15, -0.1) is 0 Å². The van der Waals surface area contributed by atoms with Crippen molar-refractivity contribution in [1.82, 2.24) is 39.5 Å². The summed E-state index contributed by atoms with van der Waals surface area (Å²) in [4.78, 5) is 18.1. The Labute approximate surface area is 189 Å². The Morgan fingerprint density at radius 2 is 1.21 bits per heavy atom. The molecule has 158 valence electrons. The van der Waals surface area contributed by atoms with Crippen LogP contribution in [0.1, 0.15) is 0 Å². The lowest BCUT2D eigenvalue weighted by atomic mass is 10.1. The zero-order chi connectivity index (χ0) is 22.0. The standard InChI is InChI=1S/C25H18N8/c1-2-8-18(9-3-1)25-30-23(19-10-4-12-21(28-19)32-16-6-14-26-32)24(31-25)20-11-5-13-22(29-20)33-17-7-15-27-33/h1-17H,(H,30,31). The molecule has 0 saturated heterocycles. The van der Waals surface area contributed by atoms with Crippen molar-refractivity contribution < 1.29 is 0 Å². The Kier molecular flexibility index (Phi) is 4.58. The number of hydrogen-bond donors (Lipinski definition) is 1. The summed E-state index contributed by atoms with van der Waals surface area (Å²) in [6.45, 7) is 0. The first kappa shape index (κ1) is 18.9. The van der Waals surface area contributed by atoms with Gasteiger partial charge in [-0.1, -0.05) is 42.5 Å². The van der Waals surface area contributed by atoms with Gasteiger partial charge in [0.25, 0.3) is 0 Å². The highest BCUT2D eigenvalue weighted by atomic mass is 15.3. The second kappa shape index (κ2) is 8.01. The molecule has 0 radical (unpaired) electrons. The first-order valence-electron chi connectivity index (χ1n) is 10.5. The number of benzene rings is 1. The molecule has 0 atom stereocenters. The van der Waals surface area contributed by atoms with Crippen LogP contribution in [0.2, 0.25) is 0 Å².